The van der Waals surface area contributed by atoms with E-state index in [0.29, 0.717) is 47.9 Å². The topological polar surface area (TPSA) is 96.1 Å². The number of sulfonamides is 1. The Morgan fingerprint density at radius 2 is 1.60 bits per heavy atom. The lowest BCUT2D eigenvalue weighted by atomic mass is 10.1. The van der Waals surface area contributed by atoms with E-state index in [9.17, 15) is 21.6 Å². The second kappa shape index (κ2) is 6.39. The zero-order chi connectivity index (χ0) is 21.1. The summed E-state index contributed by atoms with van der Waals surface area (Å²) >= 11 is 0. The molecule has 0 N–H and O–H groups in total. The molecule has 30 heavy (non-hydrogen) atoms. The largest absolute Gasteiger partial charge is 0.453 e. The average Bonchev–Trinajstić information content (AvgIpc) is 3.27. The molecule has 1 saturated heterocycles. The van der Waals surface area contributed by atoms with Crippen molar-refractivity contribution in [1.29, 1.82) is 0 Å². The molecule has 0 unspecified atom stereocenters. The molecule has 156 valence electrons. The molecule has 0 atom stereocenters. The van der Waals surface area contributed by atoms with Crippen molar-refractivity contribution in [3.05, 3.63) is 47.8 Å². The third-order valence-electron chi connectivity index (χ3n) is 5.02. The van der Waals surface area contributed by atoms with Gasteiger partial charge in [-0.2, -0.15) is 26.1 Å². The molecule has 4 heterocycles. The van der Waals surface area contributed by atoms with Crippen molar-refractivity contribution in [2.24, 2.45) is 4.40 Å². The smallest absolute Gasteiger partial charge is 0.352 e. The number of piperazine rings is 1. The number of halogens is 3. The molecule has 3 aromatic rings. The molecule has 0 aliphatic carbocycles. The third-order valence-corrected chi connectivity index (χ3v) is 6.34. The van der Waals surface area contributed by atoms with Gasteiger partial charge < -0.3 is 9.80 Å². The Bertz CT molecular complexity index is 1280. The zero-order valence-corrected chi connectivity index (χ0v) is 16.1. The lowest BCUT2D eigenvalue weighted by molar-refractivity contribution is -0.146. The molecule has 2 aromatic heterocycles. The van der Waals surface area contributed by atoms with Crippen LogP contribution in [0, 0.1) is 0 Å². The minimum Gasteiger partial charge on any atom is -0.352 e. The summed E-state index contributed by atoms with van der Waals surface area (Å²) in [6.45, 7) is 1.75. The van der Waals surface area contributed by atoms with E-state index in [1.807, 2.05) is 9.80 Å². The molecular weight excluding hydrogens is 423 g/mol. The maximum Gasteiger partial charge on any atom is 0.453 e. The van der Waals surface area contributed by atoms with Gasteiger partial charge in [0.1, 0.15) is 10.7 Å². The molecule has 5 rings (SSSR count). The van der Waals surface area contributed by atoms with Gasteiger partial charge in [0.2, 0.25) is 0 Å². The van der Waals surface area contributed by atoms with Crippen LogP contribution in [-0.2, 0) is 16.2 Å². The van der Waals surface area contributed by atoms with Gasteiger partial charge in [-0.1, -0.05) is 12.1 Å². The summed E-state index contributed by atoms with van der Waals surface area (Å²) < 4.78 is 68.4. The highest BCUT2D eigenvalue weighted by molar-refractivity contribution is 7.90. The lowest BCUT2D eigenvalue weighted by Gasteiger charge is -2.36. The molecule has 1 aromatic carbocycles. The first-order valence-corrected chi connectivity index (χ1v) is 10.4. The summed E-state index contributed by atoms with van der Waals surface area (Å²) in [4.78, 5) is 3.87. The molecule has 13 heteroatoms. The van der Waals surface area contributed by atoms with Crippen molar-refractivity contribution in [2.45, 2.75) is 11.1 Å². The summed E-state index contributed by atoms with van der Waals surface area (Å²) in [6.07, 6.45) is -4.66. The number of hydrogen-bond acceptors (Lipinski definition) is 7. The van der Waals surface area contributed by atoms with E-state index in [1.165, 1.54) is 12.1 Å². The van der Waals surface area contributed by atoms with E-state index in [-0.39, 0.29) is 10.5 Å². The number of hydrogen-bond donors (Lipinski definition) is 0. The van der Waals surface area contributed by atoms with Gasteiger partial charge in [0, 0.05) is 31.7 Å². The van der Waals surface area contributed by atoms with Crippen LogP contribution in [-0.4, -0.2) is 65.1 Å². The Balaban J connectivity index is 1.38. The Morgan fingerprint density at radius 1 is 0.900 bits per heavy atom. The summed E-state index contributed by atoms with van der Waals surface area (Å²) in [5, 5.41) is 10.7. The SMILES string of the molecule is O=S1(=O)N=C(N2CCN(c3ccc4nnc(C(F)(F)F)n4n3)CC2)c2ccccc21. The van der Waals surface area contributed by atoms with Gasteiger partial charge in [0.15, 0.2) is 11.5 Å². The highest BCUT2D eigenvalue weighted by atomic mass is 32.2. The van der Waals surface area contributed by atoms with Crippen LogP contribution in [0.25, 0.3) is 5.65 Å². The normalized spacial score (nSPS) is 18.6. The average molecular weight is 437 g/mol. The molecule has 2 aliphatic heterocycles. The van der Waals surface area contributed by atoms with Crippen LogP contribution < -0.4 is 4.90 Å². The molecule has 0 saturated carbocycles. The fourth-order valence-corrected chi connectivity index (χ4v) is 4.82. The molecule has 0 amide bonds. The Kier molecular flexibility index (Phi) is 4.00. The van der Waals surface area contributed by atoms with Gasteiger partial charge in [-0.05, 0) is 24.3 Å². The number of rotatable bonds is 1. The number of amidine groups is 1. The van der Waals surface area contributed by atoms with Crippen molar-refractivity contribution in [1.82, 2.24) is 24.7 Å². The van der Waals surface area contributed by atoms with Crippen LogP contribution in [0.15, 0.2) is 45.7 Å². The Labute approximate surface area is 168 Å². The first kappa shape index (κ1) is 18.8. The number of nitrogens with zero attached hydrogens (tertiary/aromatic N) is 7. The zero-order valence-electron chi connectivity index (χ0n) is 15.3. The second-order valence-corrected chi connectivity index (χ2v) is 8.42. The van der Waals surface area contributed by atoms with Gasteiger partial charge >= 0.3 is 6.18 Å². The van der Waals surface area contributed by atoms with Gasteiger partial charge in [0.05, 0.1) is 0 Å². The summed E-state index contributed by atoms with van der Waals surface area (Å²) in [7, 11) is -3.71. The standard InChI is InChI=1S/C17H14F3N7O2S/c18-17(19,20)16-22-21-13-5-6-14(23-27(13)16)25-7-9-26(10-8-25)15-11-3-1-2-4-12(11)30(28,29)24-15/h1-6H,7-10H2. The highest BCUT2D eigenvalue weighted by Gasteiger charge is 2.38. The quantitative estimate of drug-likeness (QED) is 0.568. The maximum absolute atomic E-state index is 13.1. The van der Waals surface area contributed by atoms with E-state index < -0.39 is 22.0 Å². The van der Waals surface area contributed by atoms with E-state index in [0.717, 1.165) is 0 Å². The van der Waals surface area contributed by atoms with E-state index >= 15 is 0 Å². The van der Waals surface area contributed by atoms with Crippen molar-refractivity contribution in [3.63, 3.8) is 0 Å². The van der Waals surface area contributed by atoms with Crippen molar-refractivity contribution >= 4 is 27.3 Å². The van der Waals surface area contributed by atoms with Gasteiger partial charge in [-0.3, -0.25) is 0 Å². The van der Waals surface area contributed by atoms with Crippen LogP contribution in [0.4, 0.5) is 19.0 Å². The van der Waals surface area contributed by atoms with Crippen LogP contribution >= 0.6 is 0 Å². The van der Waals surface area contributed by atoms with Crippen LogP contribution in [0.2, 0.25) is 0 Å². The highest BCUT2D eigenvalue weighted by Crippen LogP contribution is 2.29. The number of anilines is 1. The van der Waals surface area contributed by atoms with Crippen LogP contribution in [0.3, 0.4) is 0 Å². The van der Waals surface area contributed by atoms with Gasteiger partial charge in [0.25, 0.3) is 15.8 Å². The Hall–Kier alpha value is -3.22. The van der Waals surface area contributed by atoms with Gasteiger partial charge in [-0.25, -0.2) is 0 Å². The van der Waals surface area contributed by atoms with Crippen molar-refractivity contribution < 1.29 is 21.6 Å². The number of alkyl halides is 3. The predicted octanol–water partition coefficient (Wildman–Crippen LogP) is 1.41. The molecule has 0 bridgehead atoms. The third kappa shape index (κ3) is 2.96. The number of benzene rings is 1. The molecule has 0 radical (unpaired) electrons. The van der Waals surface area contributed by atoms with Crippen molar-refractivity contribution in [2.75, 3.05) is 31.1 Å². The van der Waals surface area contributed by atoms with Crippen LogP contribution in [0.1, 0.15) is 11.4 Å². The van der Waals surface area contributed by atoms with E-state index in [2.05, 4.69) is 19.7 Å². The van der Waals surface area contributed by atoms with Crippen molar-refractivity contribution in [3.8, 4) is 0 Å². The van der Waals surface area contributed by atoms with E-state index in [4.69, 9.17) is 0 Å². The van der Waals surface area contributed by atoms with E-state index in [1.54, 1.807) is 24.3 Å². The maximum atomic E-state index is 13.1. The second-order valence-electron chi connectivity index (χ2n) is 6.84. The molecule has 1 fully saturated rings. The summed E-state index contributed by atoms with van der Waals surface area (Å²) in [6, 6.07) is 9.66. The number of aromatic nitrogens is 4. The summed E-state index contributed by atoms with van der Waals surface area (Å²) in [5.41, 5.74) is 0.566. The minimum atomic E-state index is -4.66. The molecule has 0 spiro atoms. The predicted molar refractivity (Wildman–Crippen MR) is 99.7 cm³/mol. The first-order valence-electron chi connectivity index (χ1n) is 8.98. The molecular formula is C17H14F3N7O2S. The lowest BCUT2D eigenvalue weighted by Crippen LogP contribution is -2.49. The molecule has 9 nitrogen and oxygen atoms in total. The van der Waals surface area contributed by atoms with Crippen LogP contribution in [0.5, 0.6) is 0 Å². The molecule has 2 aliphatic rings. The Morgan fingerprint density at radius 3 is 2.33 bits per heavy atom. The monoisotopic (exact) mass is 437 g/mol. The number of fused-ring (bicyclic) bond motifs is 2. The minimum absolute atomic E-state index is 0.00633. The van der Waals surface area contributed by atoms with Gasteiger partial charge in [-0.15, -0.1) is 19.7 Å². The summed E-state index contributed by atoms with van der Waals surface area (Å²) in [5.74, 6) is -0.430. The fraction of sp³-hybridized carbons (Fsp3) is 0.294. The fourth-order valence-electron chi connectivity index (χ4n) is 3.59. The first-order chi connectivity index (χ1) is 14.2.